The van der Waals surface area contributed by atoms with Gasteiger partial charge in [-0.2, -0.15) is 0 Å². The Hall–Kier alpha value is -3.30. The highest BCUT2D eigenvalue weighted by molar-refractivity contribution is 7.89. The fraction of sp³-hybridized carbons (Fsp3) is 0.150. The summed E-state index contributed by atoms with van der Waals surface area (Å²) in [5.41, 5.74) is 2.31. The van der Waals surface area contributed by atoms with Gasteiger partial charge in [0.05, 0.1) is 42.6 Å². The summed E-state index contributed by atoms with van der Waals surface area (Å²) in [5.74, 6) is 0.197. The normalized spacial score (nSPS) is 11.1. The minimum Gasteiger partial charge on any atom is -0.497 e. The van der Waals surface area contributed by atoms with E-state index in [1.807, 2.05) is 24.3 Å². The molecule has 1 aromatic heterocycles. The monoisotopic (exact) mass is 413 g/mol. The Morgan fingerprint density at radius 2 is 1.69 bits per heavy atom. The number of carbonyl (C=O) groups excluding carboxylic acids is 1. The molecule has 3 rings (SSSR count). The lowest BCUT2D eigenvalue weighted by atomic mass is 10.1. The minimum absolute atomic E-state index is 0.00718. The van der Waals surface area contributed by atoms with Crippen molar-refractivity contribution in [2.45, 2.75) is 11.4 Å². The standard InChI is InChI=1S/C20H19N3O5S/c1-27-17-7-3-14(4-8-17)19-11-16(21-13-22-19)12-23-29(25,26)18-9-5-15(6-10-18)20(24)28-2/h3-11,13,23H,12H2,1-2H3. The molecule has 0 spiro atoms. The van der Waals surface area contributed by atoms with Crippen LogP contribution in [0.3, 0.4) is 0 Å². The van der Waals surface area contributed by atoms with E-state index in [1.165, 1.54) is 37.7 Å². The third kappa shape index (κ3) is 4.95. The zero-order chi connectivity index (χ0) is 20.9. The van der Waals surface area contributed by atoms with E-state index in [-0.39, 0.29) is 17.0 Å². The number of methoxy groups -OCH3 is 2. The van der Waals surface area contributed by atoms with Crippen molar-refractivity contribution in [3.63, 3.8) is 0 Å². The zero-order valence-corrected chi connectivity index (χ0v) is 16.6. The van der Waals surface area contributed by atoms with Crippen LogP contribution in [0.25, 0.3) is 11.3 Å². The van der Waals surface area contributed by atoms with Gasteiger partial charge in [-0.15, -0.1) is 0 Å². The molecule has 3 aromatic rings. The number of benzene rings is 2. The molecule has 0 unspecified atom stereocenters. The summed E-state index contributed by atoms with van der Waals surface area (Å²) in [6.07, 6.45) is 1.38. The Balaban J connectivity index is 1.72. The summed E-state index contributed by atoms with van der Waals surface area (Å²) in [6.45, 7) is -0.00718. The van der Waals surface area contributed by atoms with E-state index < -0.39 is 16.0 Å². The van der Waals surface area contributed by atoms with Crippen molar-refractivity contribution >= 4 is 16.0 Å². The maximum Gasteiger partial charge on any atom is 0.337 e. The van der Waals surface area contributed by atoms with Gasteiger partial charge >= 0.3 is 5.97 Å². The molecule has 0 aliphatic rings. The van der Waals surface area contributed by atoms with Crippen LogP contribution >= 0.6 is 0 Å². The maximum atomic E-state index is 12.5. The van der Waals surface area contributed by atoms with Crippen LogP contribution in [0.5, 0.6) is 5.75 Å². The highest BCUT2D eigenvalue weighted by atomic mass is 32.2. The van der Waals surface area contributed by atoms with E-state index in [1.54, 1.807) is 13.2 Å². The Kier molecular flexibility index (Phi) is 6.20. The van der Waals surface area contributed by atoms with E-state index in [0.29, 0.717) is 11.4 Å². The molecule has 2 aromatic carbocycles. The SMILES string of the molecule is COC(=O)c1ccc(S(=O)(=O)NCc2cc(-c3ccc(OC)cc3)ncn2)cc1. The Labute approximate surface area is 168 Å². The van der Waals surface area contributed by atoms with Crippen molar-refractivity contribution in [2.24, 2.45) is 0 Å². The van der Waals surface area contributed by atoms with Crippen LogP contribution in [0.1, 0.15) is 16.1 Å². The number of esters is 1. The molecule has 0 atom stereocenters. The topological polar surface area (TPSA) is 107 Å². The average molecular weight is 413 g/mol. The molecule has 29 heavy (non-hydrogen) atoms. The van der Waals surface area contributed by atoms with E-state index in [9.17, 15) is 13.2 Å². The number of sulfonamides is 1. The van der Waals surface area contributed by atoms with E-state index >= 15 is 0 Å². The van der Waals surface area contributed by atoms with Gasteiger partial charge in [0.2, 0.25) is 10.0 Å². The molecule has 8 nitrogen and oxygen atoms in total. The number of carbonyl (C=O) groups is 1. The van der Waals surface area contributed by atoms with Crippen molar-refractivity contribution < 1.29 is 22.7 Å². The van der Waals surface area contributed by atoms with Crippen LogP contribution in [-0.2, 0) is 21.3 Å². The number of nitrogens with zero attached hydrogens (tertiary/aromatic N) is 2. The molecular weight excluding hydrogens is 394 g/mol. The molecular formula is C20H19N3O5S. The van der Waals surface area contributed by atoms with E-state index in [2.05, 4.69) is 19.4 Å². The van der Waals surface area contributed by atoms with Crippen LogP contribution in [0.4, 0.5) is 0 Å². The van der Waals surface area contributed by atoms with Gasteiger partial charge in [0.1, 0.15) is 12.1 Å². The fourth-order valence-corrected chi connectivity index (χ4v) is 3.55. The molecule has 0 aliphatic heterocycles. The van der Waals surface area contributed by atoms with E-state index in [0.717, 1.165) is 11.3 Å². The first-order valence-electron chi connectivity index (χ1n) is 8.56. The second-order valence-corrected chi connectivity index (χ2v) is 7.73. The molecule has 0 fully saturated rings. The largest absolute Gasteiger partial charge is 0.497 e. The molecule has 0 saturated heterocycles. The Bertz CT molecular complexity index is 1100. The highest BCUT2D eigenvalue weighted by Gasteiger charge is 2.15. The first-order valence-corrected chi connectivity index (χ1v) is 10.0. The van der Waals surface area contributed by atoms with Gasteiger partial charge < -0.3 is 9.47 Å². The van der Waals surface area contributed by atoms with Crippen molar-refractivity contribution in [1.82, 2.24) is 14.7 Å². The lowest BCUT2D eigenvalue weighted by Crippen LogP contribution is -2.23. The molecule has 1 N–H and O–H groups in total. The number of ether oxygens (including phenoxy) is 2. The highest BCUT2D eigenvalue weighted by Crippen LogP contribution is 2.21. The van der Waals surface area contributed by atoms with Gasteiger partial charge in [-0.3, -0.25) is 0 Å². The first kappa shape index (κ1) is 20.4. The van der Waals surface area contributed by atoms with Gasteiger partial charge in [-0.25, -0.2) is 27.9 Å². The maximum absolute atomic E-state index is 12.5. The molecule has 150 valence electrons. The van der Waals surface area contributed by atoms with Crippen molar-refractivity contribution in [3.05, 3.63) is 72.2 Å². The van der Waals surface area contributed by atoms with Gasteiger partial charge in [0.15, 0.2) is 0 Å². The predicted molar refractivity (Wildman–Crippen MR) is 106 cm³/mol. The fourth-order valence-electron chi connectivity index (χ4n) is 2.55. The van der Waals surface area contributed by atoms with E-state index in [4.69, 9.17) is 4.74 Å². The number of nitrogens with one attached hydrogen (secondary N) is 1. The van der Waals surface area contributed by atoms with Gasteiger partial charge in [-0.1, -0.05) is 0 Å². The van der Waals surface area contributed by atoms with Crippen LogP contribution in [0.15, 0.2) is 65.8 Å². The van der Waals surface area contributed by atoms with Gasteiger partial charge in [-0.05, 0) is 54.6 Å². The minimum atomic E-state index is -3.77. The van der Waals surface area contributed by atoms with Crippen molar-refractivity contribution in [2.75, 3.05) is 14.2 Å². The number of hydrogen-bond donors (Lipinski definition) is 1. The predicted octanol–water partition coefficient (Wildman–Crippen LogP) is 2.42. The summed E-state index contributed by atoms with van der Waals surface area (Å²) >= 11 is 0. The summed E-state index contributed by atoms with van der Waals surface area (Å²) in [5, 5.41) is 0. The third-order valence-corrected chi connectivity index (χ3v) is 5.56. The molecule has 0 aliphatic carbocycles. The second-order valence-electron chi connectivity index (χ2n) is 5.96. The van der Waals surface area contributed by atoms with Crippen LogP contribution in [0.2, 0.25) is 0 Å². The van der Waals surface area contributed by atoms with Crippen LogP contribution in [-0.4, -0.2) is 38.6 Å². The third-order valence-electron chi connectivity index (χ3n) is 4.14. The smallest absolute Gasteiger partial charge is 0.337 e. The molecule has 0 saturated carbocycles. The number of rotatable bonds is 7. The first-order chi connectivity index (χ1) is 13.9. The average Bonchev–Trinajstić information content (AvgIpc) is 2.77. The molecule has 0 radical (unpaired) electrons. The molecule has 9 heteroatoms. The molecule has 0 bridgehead atoms. The second kappa shape index (κ2) is 8.80. The zero-order valence-electron chi connectivity index (χ0n) is 15.8. The molecule has 0 amide bonds. The number of aromatic nitrogens is 2. The summed E-state index contributed by atoms with van der Waals surface area (Å²) in [4.78, 5) is 19.8. The van der Waals surface area contributed by atoms with Crippen LogP contribution in [0, 0.1) is 0 Å². The quantitative estimate of drug-likeness (QED) is 0.593. The molecule has 1 heterocycles. The summed E-state index contributed by atoms with van der Waals surface area (Å²) in [7, 11) is -0.923. The number of hydrogen-bond acceptors (Lipinski definition) is 7. The van der Waals surface area contributed by atoms with Crippen molar-refractivity contribution in [3.8, 4) is 17.0 Å². The summed E-state index contributed by atoms with van der Waals surface area (Å²) in [6, 6.07) is 14.5. The van der Waals surface area contributed by atoms with Crippen molar-refractivity contribution in [1.29, 1.82) is 0 Å². The Morgan fingerprint density at radius 1 is 1.00 bits per heavy atom. The lowest BCUT2D eigenvalue weighted by molar-refractivity contribution is 0.0600. The summed E-state index contributed by atoms with van der Waals surface area (Å²) < 4.78 is 37.2. The van der Waals surface area contributed by atoms with Crippen LogP contribution < -0.4 is 9.46 Å². The lowest BCUT2D eigenvalue weighted by Gasteiger charge is -2.08. The van der Waals surface area contributed by atoms with Gasteiger partial charge in [0, 0.05) is 5.56 Å². The Morgan fingerprint density at radius 3 is 2.31 bits per heavy atom. The van der Waals surface area contributed by atoms with Gasteiger partial charge in [0.25, 0.3) is 0 Å².